The summed E-state index contributed by atoms with van der Waals surface area (Å²) in [5.74, 6) is 1.72. The lowest BCUT2D eigenvalue weighted by molar-refractivity contribution is -0.909. The summed E-state index contributed by atoms with van der Waals surface area (Å²) in [7, 11) is 0. The number of hydrogen-bond acceptors (Lipinski definition) is 2. The van der Waals surface area contributed by atoms with E-state index in [1.54, 1.807) is 11.8 Å². The Hall–Kier alpha value is -1.49. The van der Waals surface area contributed by atoms with Crippen molar-refractivity contribution in [3.05, 3.63) is 69.7 Å². The van der Waals surface area contributed by atoms with Crippen molar-refractivity contribution < 1.29 is 9.69 Å². The zero-order valence-corrected chi connectivity index (χ0v) is 19.4. The van der Waals surface area contributed by atoms with Crippen LogP contribution in [0.4, 0.5) is 0 Å². The first-order chi connectivity index (χ1) is 13.8. The minimum atomic E-state index is 0.0252. The number of halogens is 1. The van der Waals surface area contributed by atoms with Crippen LogP contribution in [0.1, 0.15) is 41.5 Å². The maximum Gasteiger partial charge on any atom is 0.278 e. The molecule has 29 heavy (non-hydrogen) atoms. The van der Waals surface area contributed by atoms with Gasteiger partial charge in [0.1, 0.15) is 11.9 Å². The van der Waals surface area contributed by atoms with Crippen LogP contribution in [0.5, 0.6) is 0 Å². The van der Waals surface area contributed by atoms with E-state index in [2.05, 4.69) is 45.9 Å². The van der Waals surface area contributed by atoms with Gasteiger partial charge >= 0.3 is 0 Å². The fourth-order valence-corrected chi connectivity index (χ4v) is 5.64. The van der Waals surface area contributed by atoms with Gasteiger partial charge in [-0.1, -0.05) is 67.4 Å². The smallest absolute Gasteiger partial charge is 0.278 e. The summed E-state index contributed by atoms with van der Waals surface area (Å²) in [6.45, 7) is 11.9. The van der Waals surface area contributed by atoms with Crippen LogP contribution in [0.25, 0.3) is 0 Å². The molecule has 3 nitrogen and oxygen atoms in total. The van der Waals surface area contributed by atoms with E-state index in [0.29, 0.717) is 12.5 Å². The molecular formula is C24H32ClN2OS+. The van der Waals surface area contributed by atoms with Crippen molar-refractivity contribution in [1.82, 2.24) is 4.90 Å². The van der Waals surface area contributed by atoms with Gasteiger partial charge in [-0.2, -0.15) is 0 Å². The predicted molar refractivity (Wildman–Crippen MR) is 124 cm³/mol. The Balaban J connectivity index is 1.75. The molecular weight excluding hydrogens is 400 g/mol. The third kappa shape index (κ3) is 5.78. The number of rotatable bonds is 7. The highest BCUT2D eigenvalue weighted by Crippen LogP contribution is 2.40. The zero-order valence-electron chi connectivity index (χ0n) is 17.9. The molecule has 1 fully saturated rings. The summed E-state index contributed by atoms with van der Waals surface area (Å²) in [4.78, 5) is 16.7. The van der Waals surface area contributed by atoms with Crippen molar-refractivity contribution >= 4 is 29.3 Å². The standard InChI is InChI=1S/C24H31ClN2OS/c1-17(2)14-26(15-20-13-18(3)9-10-19(20)4)16-23(28)27-11-12-29-24(27)21-7-5-6-8-22(21)25/h5-10,13,17,24H,11-12,14-16H2,1-4H3/p+1/t24-/m1/s1. The number of amides is 1. The Morgan fingerprint density at radius 3 is 2.72 bits per heavy atom. The molecule has 3 rings (SSSR count). The highest BCUT2D eigenvalue weighted by atomic mass is 35.5. The van der Waals surface area contributed by atoms with E-state index in [1.807, 2.05) is 29.2 Å². The summed E-state index contributed by atoms with van der Waals surface area (Å²) in [6.07, 6.45) is 0. The molecule has 1 saturated heterocycles. The lowest BCUT2D eigenvalue weighted by atomic mass is 10.0. The Bertz CT molecular complexity index is 855. The van der Waals surface area contributed by atoms with E-state index in [9.17, 15) is 4.79 Å². The molecule has 1 N–H and O–H groups in total. The van der Waals surface area contributed by atoms with Gasteiger partial charge in [-0.3, -0.25) is 4.79 Å². The van der Waals surface area contributed by atoms with Crippen LogP contribution in [-0.4, -0.2) is 36.2 Å². The molecule has 0 radical (unpaired) electrons. The lowest BCUT2D eigenvalue weighted by Crippen LogP contribution is -3.12. The molecule has 156 valence electrons. The number of aryl methyl sites for hydroxylation is 2. The molecule has 0 aliphatic carbocycles. The summed E-state index contributed by atoms with van der Waals surface area (Å²) in [5.41, 5.74) is 4.96. The molecule has 1 aliphatic heterocycles. The predicted octanol–water partition coefficient (Wildman–Crippen LogP) is 4.27. The molecule has 2 aromatic rings. The third-order valence-corrected chi connectivity index (χ3v) is 7.01. The van der Waals surface area contributed by atoms with Gasteiger partial charge in [-0.05, 0) is 25.5 Å². The van der Waals surface area contributed by atoms with E-state index in [0.717, 1.165) is 36.0 Å². The molecule has 5 heteroatoms. The van der Waals surface area contributed by atoms with Gasteiger partial charge in [-0.25, -0.2) is 0 Å². The van der Waals surface area contributed by atoms with Crippen LogP contribution in [0.15, 0.2) is 42.5 Å². The summed E-state index contributed by atoms with van der Waals surface area (Å²) in [5, 5.41) is 0.767. The monoisotopic (exact) mass is 431 g/mol. The van der Waals surface area contributed by atoms with Crippen molar-refractivity contribution in [2.24, 2.45) is 5.92 Å². The zero-order chi connectivity index (χ0) is 21.0. The van der Waals surface area contributed by atoms with Crippen LogP contribution in [0.2, 0.25) is 5.02 Å². The van der Waals surface area contributed by atoms with E-state index in [-0.39, 0.29) is 11.3 Å². The molecule has 1 amide bonds. The molecule has 2 aromatic carbocycles. The van der Waals surface area contributed by atoms with Crippen LogP contribution in [0, 0.1) is 19.8 Å². The van der Waals surface area contributed by atoms with E-state index >= 15 is 0 Å². The molecule has 0 saturated carbocycles. The van der Waals surface area contributed by atoms with E-state index in [4.69, 9.17) is 11.6 Å². The SMILES string of the molecule is Cc1ccc(C)c(C[NH+](CC(=O)N2CCS[C@@H]2c2ccccc2Cl)CC(C)C)c1. The number of hydrogen-bond donors (Lipinski definition) is 1. The van der Waals surface area contributed by atoms with Gasteiger partial charge in [-0.15, -0.1) is 11.8 Å². The van der Waals surface area contributed by atoms with Crippen molar-refractivity contribution in [3.63, 3.8) is 0 Å². The molecule has 1 unspecified atom stereocenters. The average Bonchev–Trinajstić information content (AvgIpc) is 3.14. The van der Waals surface area contributed by atoms with Crippen molar-refractivity contribution in [1.29, 1.82) is 0 Å². The first-order valence-electron chi connectivity index (χ1n) is 10.4. The largest absolute Gasteiger partial charge is 0.323 e. The van der Waals surface area contributed by atoms with Crippen molar-refractivity contribution in [3.8, 4) is 0 Å². The van der Waals surface area contributed by atoms with Crippen molar-refractivity contribution in [2.45, 2.75) is 39.6 Å². The van der Waals surface area contributed by atoms with Gasteiger partial charge in [0, 0.05) is 34.4 Å². The number of thioether (sulfide) groups is 1. The first-order valence-corrected chi connectivity index (χ1v) is 11.8. The molecule has 2 atom stereocenters. The fourth-order valence-electron chi connectivity index (χ4n) is 4.02. The first kappa shape index (κ1) is 22.2. The lowest BCUT2D eigenvalue weighted by Gasteiger charge is -2.28. The Morgan fingerprint density at radius 1 is 1.24 bits per heavy atom. The number of benzene rings is 2. The van der Waals surface area contributed by atoms with E-state index < -0.39 is 0 Å². The molecule has 0 aromatic heterocycles. The number of nitrogens with zero attached hydrogens (tertiary/aromatic N) is 1. The molecule has 1 heterocycles. The fraction of sp³-hybridized carbons (Fsp3) is 0.458. The van der Waals surface area contributed by atoms with Crippen LogP contribution in [-0.2, 0) is 11.3 Å². The molecule has 0 spiro atoms. The number of nitrogens with one attached hydrogen (secondary N) is 1. The third-order valence-electron chi connectivity index (χ3n) is 5.43. The quantitative estimate of drug-likeness (QED) is 0.707. The molecule has 1 aliphatic rings. The van der Waals surface area contributed by atoms with Crippen molar-refractivity contribution in [2.75, 3.05) is 25.4 Å². The second kappa shape index (κ2) is 10.0. The minimum Gasteiger partial charge on any atom is -0.323 e. The van der Waals surface area contributed by atoms with Gasteiger partial charge in [0.05, 0.1) is 6.54 Å². The maximum atomic E-state index is 13.3. The normalized spacial score (nSPS) is 17.7. The summed E-state index contributed by atoms with van der Waals surface area (Å²) in [6, 6.07) is 14.5. The Labute approximate surface area is 184 Å². The Kier molecular flexibility index (Phi) is 7.66. The van der Waals surface area contributed by atoms with Gasteiger partial charge < -0.3 is 9.80 Å². The number of quaternary nitrogens is 1. The van der Waals surface area contributed by atoms with Gasteiger partial charge in [0.25, 0.3) is 5.91 Å². The Morgan fingerprint density at radius 2 is 2.00 bits per heavy atom. The van der Waals surface area contributed by atoms with Crippen LogP contribution in [0.3, 0.4) is 0 Å². The average molecular weight is 432 g/mol. The van der Waals surface area contributed by atoms with Crippen LogP contribution >= 0.6 is 23.4 Å². The maximum absolute atomic E-state index is 13.3. The van der Waals surface area contributed by atoms with Crippen LogP contribution < -0.4 is 4.90 Å². The number of carbonyl (C=O) groups is 1. The second-order valence-corrected chi connectivity index (χ2v) is 10.1. The minimum absolute atomic E-state index is 0.0252. The highest BCUT2D eigenvalue weighted by molar-refractivity contribution is 7.99. The molecule has 0 bridgehead atoms. The second-order valence-electron chi connectivity index (χ2n) is 8.46. The summed E-state index contributed by atoms with van der Waals surface area (Å²) >= 11 is 8.24. The van der Waals surface area contributed by atoms with E-state index in [1.165, 1.54) is 21.6 Å². The van der Waals surface area contributed by atoms with Gasteiger partial charge in [0.2, 0.25) is 0 Å². The number of carbonyl (C=O) groups excluding carboxylic acids is 1. The highest BCUT2D eigenvalue weighted by Gasteiger charge is 2.33. The van der Waals surface area contributed by atoms with Gasteiger partial charge in [0.15, 0.2) is 6.54 Å². The topological polar surface area (TPSA) is 24.8 Å². The summed E-state index contributed by atoms with van der Waals surface area (Å²) < 4.78 is 0.